The van der Waals surface area contributed by atoms with Gasteiger partial charge in [-0.15, -0.1) is 4.91 Å². The van der Waals surface area contributed by atoms with Crippen LogP contribution >= 0.6 is 0 Å². The third-order valence-electron chi connectivity index (χ3n) is 4.31. The van der Waals surface area contributed by atoms with E-state index in [1.807, 2.05) is 0 Å². The summed E-state index contributed by atoms with van der Waals surface area (Å²) in [4.78, 5) is 45.9. The van der Waals surface area contributed by atoms with Gasteiger partial charge in [0.05, 0.1) is 14.2 Å². The maximum Gasteiger partial charge on any atom is 0.308 e. The monoisotopic (exact) mass is 481 g/mol. The van der Waals surface area contributed by atoms with Crippen LogP contribution in [0.3, 0.4) is 0 Å². The lowest BCUT2D eigenvalue weighted by Crippen LogP contribution is -2.03. The van der Waals surface area contributed by atoms with E-state index in [0.717, 1.165) is 12.2 Å². The number of carbonyl (C=O) groups is 3. The molecule has 10 heteroatoms. The highest BCUT2D eigenvalue weighted by Crippen LogP contribution is 2.30. The molecular weight excluding hydrogens is 458 g/mol. The third-order valence-corrected chi connectivity index (χ3v) is 4.31. The first-order valence-electron chi connectivity index (χ1n) is 10.1. The molecule has 2 aromatic carbocycles. The van der Waals surface area contributed by atoms with E-state index in [9.17, 15) is 24.4 Å². The molecule has 10 nitrogen and oxygen atoms in total. The van der Waals surface area contributed by atoms with Crippen molar-refractivity contribution in [2.75, 3.05) is 14.2 Å². The summed E-state index contributed by atoms with van der Waals surface area (Å²) in [5, 5.41) is 12.9. The van der Waals surface area contributed by atoms with E-state index in [1.165, 1.54) is 64.5 Å². The largest absolute Gasteiger partial charge is 0.505 e. The molecule has 0 aliphatic carbocycles. The lowest BCUT2D eigenvalue weighted by Gasteiger charge is -2.08. The van der Waals surface area contributed by atoms with Crippen LogP contribution in [0.15, 0.2) is 65.2 Å². The fourth-order valence-corrected chi connectivity index (χ4v) is 2.78. The number of hydrogen-bond acceptors (Lipinski definition) is 10. The Labute approximate surface area is 201 Å². The van der Waals surface area contributed by atoms with Gasteiger partial charge >= 0.3 is 11.9 Å². The minimum atomic E-state index is -0.840. The standard InChI is InChI=1S/C25H23NO9/c1-15(27)34-21-11-7-17(13-23(21)32-3)5-9-19(29)25(26-31)20(30)10-6-18-8-12-22(35-16(2)28)24(14-18)33-4/h5-14,29H,1-4H3/b9-5+,10-6+,25-19+. The van der Waals surface area contributed by atoms with Gasteiger partial charge in [0.1, 0.15) is 5.76 Å². The van der Waals surface area contributed by atoms with Crippen LogP contribution in [0.1, 0.15) is 25.0 Å². The van der Waals surface area contributed by atoms with E-state index in [2.05, 4.69) is 5.18 Å². The molecule has 0 aromatic heterocycles. The van der Waals surface area contributed by atoms with Gasteiger partial charge in [-0.25, -0.2) is 0 Å². The highest BCUT2D eigenvalue weighted by Gasteiger charge is 2.13. The summed E-state index contributed by atoms with van der Waals surface area (Å²) in [7, 11) is 2.79. The number of ketones is 1. The Hall–Kier alpha value is -4.73. The Morgan fingerprint density at radius 2 is 1.23 bits per heavy atom. The highest BCUT2D eigenvalue weighted by atomic mass is 16.6. The predicted octanol–water partition coefficient (Wildman–Crippen LogP) is 4.39. The normalized spacial score (nSPS) is 11.7. The summed E-state index contributed by atoms with van der Waals surface area (Å²) >= 11 is 0. The smallest absolute Gasteiger partial charge is 0.308 e. The fraction of sp³-hybridized carbons (Fsp3) is 0.160. The Kier molecular flexibility index (Phi) is 9.47. The van der Waals surface area contributed by atoms with Gasteiger partial charge in [-0.05, 0) is 52.7 Å². The zero-order valence-corrected chi connectivity index (χ0v) is 19.4. The molecule has 0 saturated heterocycles. The maximum atomic E-state index is 12.4. The number of nitrogens with zero attached hydrogens (tertiary/aromatic N) is 1. The fourth-order valence-electron chi connectivity index (χ4n) is 2.78. The van der Waals surface area contributed by atoms with Crippen molar-refractivity contribution in [1.82, 2.24) is 0 Å². The topological polar surface area (TPSA) is 138 Å². The molecule has 0 fully saturated rings. The summed E-state index contributed by atoms with van der Waals surface area (Å²) in [6, 6.07) is 9.17. The Bertz CT molecular complexity index is 1230. The van der Waals surface area contributed by atoms with Crippen LogP contribution in [0.5, 0.6) is 23.0 Å². The second-order valence-corrected chi connectivity index (χ2v) is 6.86. The number of aliphatic hydroxyl groups excluding tert-OH is 1. The van der Waals surface area contributed by atoms with Gasteiger partial charge in [0.15, 0.2) is 28.7 Å². The number of allylic oxidation sites excluding steroid dienone is 2. The van der Waals surface area contributed by atoms with Gasteiger partial charge in [0.25, 0.3) is 0 Å². The molecule has 2 aromatic rings. The van der Waals surface area contributed by atoms with Gasteiger partial charge in [0, 0.05) is 13.8 Å². The molecule has 35 heavy (non-hydrogen) atoms. The molecule has 0 saturated carbocycles. The molecule has 1 N–H and O–H groups in total. The van der Waals surface area contributed by atoms with Crippen molar-refractivity contribution in [3.8, 4) is 23.0 Å². The number of nitroso groups, excluding NO2 is 1. The molecule has 0 spiro atoms. The van der Waals surface area contributed by atoms with Crippen molar-refractivity contribution in [2.45, 2.75) is 13.8 Å². The predicted molar refractivity (Wildman–Crippen MR) is 127 cm³/mol. The Balaban J connectivity index is 2.23. The molecule has 0 bridgehead atoms. The quantitative estimate of drug-likeness (QED) is 0.131. The van der Waals surface area contributed by atoms with Crippen molar-refractivity contribution in [2.24, 2.45) is 5.18 Å². The minimum absolute atomic E-state index is 0.207. The summed E-state index contributed by atoms with van der Waals surface area (Å²) in [5.41, 5.74) is 0.327. The number of esters is 2. The second-order valence-electron chi connectivity index (χ2n) is 6.86. The maximum absolute atomic E-state index is 12.4. The van der Waals surface area contributed by atoms with Crippen LogP contribution in [0, 0.1) is 4.91 Å². The molecule has 0 atom stereocenters. The molecule has 2 rings (SSSR count). The zero-order valence-electron chi connectivity index (χ0n) is 19.4. The van der Waals surface area contributed by atoms with Crippen molar-refractivity contribution in [1.29, 1.82) is 0 Å². The van der Waals surface area contributed by atoms with Crippen LogP contribution in [-0.4, -0.2) is 37.0 Å². The molecule has 0 amide bonds. The van der Waals surface area contributed by atoms with Gasteiger partial charge < -0.3 is 24.1 Å². The average Bonchev–Trinajstić information content (AvgIpc) is 2.82. The SMILES string of the molecule is COc1cc(/C=C/C(=O)/C(N=O)=C(O)/C=C/c2ccc(OC(C)=O)c(OC)c2)ccc1OC(C)=O. The number of carbonyl (C=O) groups excluding carboxylic acids is 3. The number of aliphatic hydroxyl groups is 1. The van der Waals surface area contributed by atoms with E-state index in [4.69, 9.17) is 18.9 Å². The third kappa shape index (κ3) is 7.67. The van der Waals surface area contributed by atoms with E-state index in [0.29, 0.717) is 11.1 Å². The number of benzene rings is 2. The van der Waals surface area contributed by atoms with Crippen LogP contribution in [0.25, 0.3) is 12.2 Å². The van der Waals surface area contributed by atoms with Crippen LogP contribution < -0.4 is 18.9 Å². The molecule has 0 heterocycles. The van der Waals surface area contributed by atoms with E-state index in [-0.39, 0.29) is 23.0 Å². The summed E-state index contributed by atoms with van der Waals surface area (Å²) in [6.07, 6.45) is 4.97. The lowest BCUT2D eigenvalue weighted by molar-refractivity contribution is -0.132. The van der Waals surface area contributed by atoms with Gasteiger partial charge in [-0.2, -0.15) is 0 Å². The molecule has 0 unspecified atom stereocenters. The van der Waals surface area contributed by atoms with Gasteiger partial charge in [0.2, 0.25) is 5.78 Å². The first-order chi connectivity index (χ1) is 16.7. The molecule has 0 aliphatic heterocycles. The first kappa shape index (κ1) is 26.5. The molecular formula is C25H23NO9. The summed E-state index contributed by atoms with van der Waals surface area (Å²) in [5.74, 6) is -1.57. The van der Waals surface area contributed by atoms with Crippen molar-refractivity contribution in [3.05, 3.63) is 76.0 Å². The average molecular weight is 481 g/mol. The minimum Gasteiger partial charge on any atom is -0.505 e. The van der Waals surface area contributed by atoms with Gasteiger partial charge in [-0.1, -0.05) is 24.3 Å². The number of methoxy groups -OCH3 is 2. The van der Waals surface area contributed by atoms with Crippen molar-refractivity contribution >= 4 is 29.9 Å². The molecule has 0 radical (unpaired) electrons. The lowest BCUT2D eigenvalue weighted by atomic mass is 10.1. The number of hydrogen-bond donors (Lipinski definition) is 1. The van der Waals surface area contributed by atoms with Crippen LogP contribution in [-0.2, 0) is 14.4 Å². The summed E-state index contributed by atoms with van der Waals surface area (Å²) < 4.78 is 20.4. The van der Waals surface area contributed by atoms with Crippen LogP contribution in [0.2, 0.25) is 0 Å². The van der Waals surface area contributed by atoms with E-state index in [1.54, 1.807) is 12.1 Å². The Morgan fingerprint density at radius 3 is 1.63 bits per heavy atom. The highest BCUT2D eigenvalue weighted by molar-refractivity contribution is 6.06. The van der Waals surface area contributed by atoms with E-state index < -0.39 is 29.2 Å². The first-order valence-corrected chi connectivity index (χ1v) is 10.1. The molecule has 0 aliphatic rings. The second kappa shape index (κ2) is 12.5. The van der Waals surface area contributed by atoms with Gasteiger partial charge in [-0.3, -0.25) is 14.4 Å². The zero-order chi connectivity index (χ0) is 26.0. The number of rotatable bonds is 10. The summed E-state index contributed by atoms with van der Waals surface area (Å²) in [6.45, 7) is 2.51. The molecule has 182 valence electrons. The Morgan fingerprint density at radius 1 is 0.771 bits per heavy atom. The number of ether oxygens (including phenoxy) is 4. The van der Waals surface area contributed by atoms with Crippen LogP contribution in [0.4, 0.5) is 0 Å². The van der Waals surface area contributed by atoms with Crippen molar-refractivity contribution in [3.63, 3.8) is 0 Å². The van der Waals surface area contributed by atoms with E-state index >= 15 is 0 Å². The van der Waals surface area contributed by atoms with Crippen molar-refractivity contribution < 1.29 is 38.4 Å².